The zero-order chi connectivity index (χ0) is 12.8. The average molecular weight is 250 g/mol. The first-order valence-electron chi connectivity index (χ1n) is 6.27. The van der Waals surface area contributed by atoms with Gasteiger partial charge in [0.15, 0.2) is 0 Å². The summed E-state index contributed by atoms with van der Waals surface area (Å²) in [4.78, 5) is 10.7. The van der Waals surface area contributed by atoms with E-state index in [1.54, 1.807) is 24.3 Å². The lowest BCUT2D eigenvalue weighted by Crippen LogP contribution is -2.24. The van der Waals surface area contributed by atoms with E-state index < -0.39 is 5.97 Å². The standard InChI is InChI=1S/C14H18O4/c15-14(16)12-6-4-11(5-7-12)9-17-10-13-3-1-2-8-18-13/h4-7,13H,1-3,8-10H2,(H,15,16). The van der Waals surface area contributed by atoms with Crippen LogP contribution in [-0.4, -0.2) is 30.4 Å². The van der Waals surface area contributed by atoms with Crippen LogP contribution >= 0.6 is 0 Å². The van der Waals surface area contributed by atoms with Gasteiger partial charge >= 0.3 is 5.97 Å². The van der Waals surface area contributed by atoms with Gasteiger partial charge in [0.1, 0.15) is 0 Å². The molecule has 1 saturated heterocycles. The van der Waals surface area contributed by atoms with Gasteiger partial charge < -0.3 is 14.6 Å². The van der Waals surface area contributed by atoms with Crippen LogP contribution in [0.4, 0.5) is 0 Å². The minimum Gasteiger partial charge on any atom is -0.478 e. The number of carboxylic acid groups (broad SMARTS) is 1. The maximum atomic E-state index is 10.7. The van der Waals surface area contributed by atoms with Gasteiger partial charge in [-0.2, -0.15) is 0 Å². The fourth-order valence-electron chi connectivity index (χ4n) is 1.99. The van der Waals surface area contributed by atoms with Crippen molar-refractivity contribution in [2.24, 2.45) is 0 Å². The van der Waals surface area contributed by atoms with Crippen LogP contribution in [0.1, 0.15) is 35.2 Å². The lowest BCUT2D eigenvalue weighted by atomic mass is 10.1. The monoisotopic (exact) mass is 250 g/mol. The van der Waals surface area contributed by atoms with Crippen LogP contribution in [0.5, 0.6) is 0 Å². The molecular formula is C14H18O4. The maximum Gasteiger partial charge on any atom is 0.335 e. The Morgan fingerprint density at radius 1 is 1.33 bits per heavy atom. The van der Waals surface area contributed by atoms with E-state index in [4.69, 9.17) is 14.6 Å². The average Bonchev–Trinajstić information content (AvgIpc) is 2.40. The summed E-state index contributed by atoms with van der Waals surface area (Å²) in [6.45, 7) is 1.95. The fourth-order valence-corrected chi connectivity index (χ4v) is 1.99. The topological polar surface area (TPSA) is 55.8 Å². The molecule has 4 nitrogen and oxygen atoms in total. The molecule has 1 heterocycles. The summed E-state index contributed by atoms with van der Waals surface area (Å²) in [7, 11) is 0. The van der Waals surface area contributed by atoms with Crippen LogP contribution in [0.2, 0.25) is 0 Å². The Balaban J connectivity index is 1.74. The number of carbonyl (C=O) groups is 1. The molecule has 4 heteroatoms. The second kappa shape index (κ2) is 6.52. The van der Waals surface area contributed by atoms with Crippen molar-refractivity contribution in [3.8, 4) is 0 Å². The molecule has 0 saturated carbocycles. The molecule has 0 amide bonds. The number of hydrogen-bond acceptors (Lipinski definition) is 3. The molecule has 1 atom stereocenters. The van der Waals surface area contributed by atoms with Crippen LogP contribution in [0.3, 0.4) is 0 Å². The van der Waals surface area contributed by atoms with E-state index in [1.165, 1.54) is 6.42 Å². The van der Waals surface area contributed by atoms with E-state index in [0.717, 1.165) is 25.0 Å². The quantitative estimate of drug-likeness (QED) is 0.872. The third kappa shape index (κ3) is 3.82. The molecule has 0 aromatic heterocycles. The van der Waals surface area contributed by atoms with Crippen molar-refractivity contribution in [3.63, 3.8) is 0 Å². The normalized spacial score (nSPS) is 19.7. The SMILES string of the molecule is O=C(O)c1ccc(COCC2CCCCO2)cc1. The number of rotatable bonds is 5. The summed E-state index contributed by atoms with van der Waals surface area (Å²) in [5.41, 5.74) is 1.28. The van der Waals surface area contributed by atoms with Gasteiger partial charge in [-0.05, 0) is 37.0 Å². The molecule has 98 valence electrons. The molecule has 1 aliphatic heterocycles. The highest BCUT2D eigenvalue weighted by Gasteiger charge is 2.13. The first-order valence-corrected chi connectivity index (χ1v) is 6.27. The largest absolute Gasteiger partial charge is 0.478 e. The van der Waals surface area contributed by atoms with Gasteiger partial charge in [0, 0.05) is 6.61 Å². The molecule has 1 N–H and O–H groups in total. The summed E-state index contributed by atoms with van der Waals surface area (Å²) < 4.78 is 11.2. The lowest BCUT2D eigenvalue weighted by Gasteiger charge is -2.22. The molecule has 0 radical (unpaired) electrons. The van der Waals surface area contributed by atoms with Crippen molar-refractivity contribution >= 4 is 5.97 Å². The molecule has 1 aromatic carbocycles. The number of benzene rings is 1. The van der Waals surface area contributed by atoms with Crippen LogP contribution in [0.25, 0.3) is 0 Å². The van der Waals surface area contributed by atoms with Crippen LogP contribution in [0.15, 0.2) is 24.3 Å². The molecule has 1 fully saturated rings. The van der Waals surface area contributed by atoms with Crippen LogP contribution in [-0.2, 0) is 16.1 Å². The van der Waals surface area contributed by atoms with Gasteiger partial charge in [-0.1, -0.05) is 12.1 Å². The third-order valence-corrected chi connectivity index (χ3v) is 3.05. The zero-order valence-electron chi connectivity index (χ0n) is 10.3. The van der Waals surface area contributed by atoms with E-state index in [0.29, 0.717) is 18.8 Å². The van der Waals surface area contributed by atoms with Gasteiger partial charge in [0.25, 0.3) is 0 Å². The molecule has 1 aliphatic rings. The minimum atomic E-state index is -0.905. The van der Waals surface area contributed by atoms with Crippen molar-refractivity contribution in [1.82, 2.24) is 0 Å². The van der Waals surface area contributed by atoms with Gasteiger partial charge in [-0.25, -0.2) is 4.79 Å². The Bertz CT molecular complexity index is 379. The van der Waals surface area contributed by atoms with E-state index in [1.807, 2.05) is 0 Å². The molecule has 0 spiro atoms. The summed E-state index contributed by atoms with van der Waals surface area (Å²) in [5.74, 6) is -0.905. The summed E-state index contributed by atoms with van der Waals surface area (Å²) in [6, 6.07) is 6.76. The van der Waals surface area contributed by atoms with Gasteiger partial charge in [0.2, 0.25) is 0 Å². The second-order valence-electron chi connectivity index (χ2n) is 4.51. The summed E-state index contributed by atoms with van der Waals surface area (Å²) in [5, 5.41) is 8.77. The van der Waals surface area contributed by atoms with Gasteiger partial charge in [-0.3, -0.25) is 0 Å². The van der Waals surface area contributed by atoms with Crippen molar-refractivity contribution in [2.75, 3.05) is 13.2 Å². The van der Waals surface area contributed by atoms with Crippen LogP contribution in [0, 0.1) is 0 Å². The second-order valence-corrected chi connectivity index (χ2v) is 4.51. The minimum absolute atomic E-state index is 0.219. The molecule has 0 bridgehead atoms. The highest BCUT2D eigenvalue weighted by molar-refractivity contribution is 5.87. The Morgan fingerprint density at radius 2 is 2.11 bits per heavy atom. The molecule has 2 rings (SSSR count). The molecule has 1 unspecified atom stereocenters. The van der Waals surface area contributed by atoms with Crippen molar-refractivity contribution in [3.05, 3.63) is 35.4 Å². The fraction of sp³-hybridized carbons (Fsp3) is 0.500. The Labute approximate surface area is 107 Å². The van der Waals surface area contributed by atoms with Crippen molar-refractivity contribution in [1.29, 1.82) is 0 Å². The first-order chi connectivity index (χ1) is 8.75. The highest BCUT2D eigenvalue weighted by Crippen LogP contribution is 2.13. The Kier molecular flexibility index (Phi) is 4.73. The highest BCUT2D eigenvalue weighted by atomic mass is 16.5. The van der Waals surface area contributed by atoms with E-state index in [2.05, 4.69) is 0 Å². The summed E-state index contributed by atoms with van der Waals surface area (Å²) in [6.07, 6.45) is 3.64. The number of hydrogen-bond donors (Lipinski definition) is 1. The number of ether oxygens (including phenoxy) is 2. The molecule has 1 aromatic rings. The predicted octanol–water partition coefficient (Wildman–Crippen LogP) is 2.47. The van der Waals surface area contributed by atoms with Crippen molar-refractivity contribution in [2.45, 2.75) is 32.0 Å². The maximum absolute atomic E-state index is 10.7. The molecular weight excluding hydrogens is 232 g/mol. The Hall–Kier alpha value is -1.39. The molecule has 18 heavy (non-hydrogen) atoms. The number of carboxylic acids is 1. The summed E-state index contributed by atoms with van der Waals surface area (Å²) >= 11 is 0. The smallest absolute Gasteiger partial charge is 0.335 e. The number of aromatic carboxylic acids is 1. The van der Waals surface area contributed by atoms with Crippen molar-refractivity contribution < 1.29 is 19.4 Å². The van der Waals surface area contributed by atoms with E-state index >= 15 is 0 Å². The van der Waals surface area contributed by atoms with Crippen LogP contribution < -0.4 is 0 Å². The third-order valence-electron chi connectivity index (χ3n) is 3.05. The zero-order valence-corrected chi connectivity index (χ0v) is 10.3. The van der Waals surface area contributed by atoms with Gasteiger partial charge in [0.05, 0.1) is 24.9 Å². The van der Waals surface area contributed by atoms with E-state index in [-0.39, 0.29) is 6.10 Å². The molecule has 0 aliphatic carbocycles. The lowest BCUT2D eigenvalue weighted by molar-refractivity contribution is -0.0447. The van der Waals surface area contributed by atoms with Gasteiger partial charge in [-0.15, -0.1) is 0 Å². The first kappa shape index (κ1) is 13.1. The Morgan fingerprint density at radius 3 is 2.72 bits per heavy atom. The predicted molar refractivity (Wildman–Crippen MR) is 66.6 cm³/mol. The van der Waals surface area contributed by atoms with E-state index in [9.17, 15) is 4.79 Å².